The summed E-state index contributed by atoms with van der Waals surface area (Å²) in [6, 6.07) is 18.3. The molecule has 3 rings (SSSR count). The molecule has 1 fully saturated rings. The Morgan fingerprint density at radius 2 is 1.70 bits per heavy atom. The van der Waals surface area contributed by atoms with Gasteiger partial charge in [0.2, 0.25) is 0 Å². The molecule has 0 bridgehead atoms. The van der Waals surface area contributed by atoms with E-state index in [9.17, 15) is 0 Å². The zero-order valence-corrected chi connectivity index (χ0v) is 14.4. The van der Waals surface area contributed by atoms with Crippen LogP contribution >= 0.6 is 0 Å². The molecular formula is C19H22I-. The van der Waals surface area contributed by atoms with Gasteiger partial charge in [0.05, 0.1) is 0 Å². The van der Waals surface area contributed by atoms with Gasteiger partial charge in [-0.3, -0.25) is 0 Å². The number of hydrogen-bond acceptors (Lipinski definition) is 0. The molecule has 0 aliphatic heterocycles. The standard InChI is InChI=1S/C19H22I/c1-14-7-8-17(13-14)15-9-11-16(12-10-15)18-5-3-4-6-19(18)20-2/h3-6,9-12,14,17H,7-8,13H2,1-2H3/q-1/t14-,17+/m0/s1. The zero-order chi connectivity index (χ0) is 13.9. The van der Waals surface area contributed by atoms with Crippen molar-refractivity contribution in [2.45, 2.75) is 32.1 Å². The number of alkyl halides is 1. The fourth-order valence-corrected chi connectivity index (χ4v) is 4.94. The second-order valence-corrected chi connectivity index (χ2v) is 8.15. The van der Waals surface area contributed by atoms with Crippen LogP contribution in [-0.2, 0) is 0 Å². The van der Waals surface area contributed by atoms with E-state index in [-0.39, 0.29) is 21.2 Å². The third kappa shape index (κ3) is 2.93. The summed E-state index contributed by atoms with van der Waals surface area (Å²) in [7, 11) is 0. The molecule has 1 heteroatoms. The molecule has 0 spiro atoms. The molecule has 0 heterocycles. The Bertz CT molecular complexity index is 571. The van der Waals surface area contributed by atoms with Gasteiger partial charge in [-0.2, -0.15) is 0 Å². The Morgan fingerprint density at radius 1 is 0.950 bits per heavy atom. The van der Waals surface area contributed by atoms with Crippen LogP contribution in [0.15, 0.2) is 48.5 Å². The van der Waals surface area contributed by atoms with E-state index in [0.717, 1.165) is 11.8 Å². The quantitative estimate of drug-likeness (QED) is 0.568. The zero-order valence-electron chi connectivity index (χ0n) is 12.3. The molecule has 1 aliphatic rings. The van der Waals surface area contributed by atoms with Gasteiger partial charge in [0.15, 0.2) is 0 Å². The van der Waals surface area contributed by atoms with Crippen LogP contribution in [0.4, 0.5) is 0 Å². The second-order valence-electron chi connectivity index (χ2n) is 5.91. The summed E-state index contributed by atoms with van der Waals surface area (Å²) in [5.74, 6) is 1.71. The predicted molar refractivity (Wildman–Crippen MR) is 82.3 cm³/mol. The molecule has 0 amide bonds. The van der Waals surface area contributed by atoms with E-state index in [0.29, 0.717) is 0 Å². The Balaban J connectivity index is 1.86. The molecule has 2 atom stereocenters. The summed E-state index contributed by atoms with van der Waals surface area (Å²) in [5, 5.41) is 0. The summed E-state index contributed by atoms with van der Waals surface area (Å²) in [5.41, 5.74) is 4.37. The number of benzene rings is 2. The van der Waals surface area contributed by atoms with Gasteiger partial charge in [-0.1, -0.05) is 0 Å². The van der Waals surface area contributed by atoms with Crippen LogP contribution < -0.4 is 21.2 Å². The summed E-state index contributed by atoms with van der Waals surface area (Å²) in [6.45, 7) is 2.38. The topological polar surface area (TPSA) is 0 Å². The first-order chi connectivity index (χ1) is 9.78. The monoisotopic (exact) mass is 377 g/mol. The maximum absolute atomic E-state index is 2.38. The van der Waals surface area contributed by atoms with Gasteiger partial charge in [0, 0.05) is 0 Å². The molecule has 2 aromatic carbocycles. The number of hydrogen-bond donors (Lipinski definition) is 0. The van der Waals surface area contributed by atoms with Crippen molar-refractivity contribution in [1.82, 2.24) is 0 Å². The van der Waals surface area contributed by atoms with Crippen molar-refractivity contribution in [2.24, 2.45) is 5.92 Å². The van der Waals surface area contributed by atoms with Gasteiger partial charge in [-0.25, -0.2) is 0 Å². The van der Waals surface area contributed by atoms with Crippen molar-refractivity contribution in [2.75, 3.05) is 4.93 Å². The number of rotatable bonds is 3. The van der Waals surface area contributed by atoms with Gasteiger partial charge in [0.1, 0.15) is 0 Å². The Hall–Kier alpha value is -0.830. The van der Waals surface area contributed by atoms with E-state index in [1.54, 1.807) is 9.13 Å². The van der Waals surface area contributed by atoms with Crippen molar-refractivity contribution in [3.8, 4) is 11.1 Å². The first-order valence-electron chi connectivity index (χ1n) is 7.46. The molecule has 0 unspecified atom stereocenters. The Morgan fingerprint density at radius 3 is 2.35 bits per heavy atom. The van der Waals surface area contributed by atoms with Gasteiger partial charge in [-0.05, 0) is 0 Å². The summed E-state index contributed by atoms with van der Waals surface area (Å²) >= 11 is 0.139. The van der Waals surface area contributed by atoms with Crippen LogP contribution in [0.1, 0.15) is 37.7 Å². The molecule has 0 nitrogen and oxygen atoms in total. The molecule has 0 aromatic heterocycles. The minimum absolute atomic E-state index is 0.139. The van der Waals surface area contributed by atoms with Gasteiger partial charge in [-0.15, -0.1) is 0 Å². The molecule has 106 valence electrons. The van der Waals surface area contributed by atoms with Crippen molar-refractivity contribution < 1.29 is 21.2 Å². The maximum atomic E-state index is 2.38. The van der Waals surface area contributed by atoms with Gasteiger partial charge >= 0.3 is 133 Å². The van der Waals surface area contributed by atoms with E-state index in [2.05, 4.69) is 60.4 Å². The van der Waals surface area contributed by atoms with Crippen LogP contribution in [0, 0.1) is 9.49 Å². The molecule has 20 heavy (non-hydrogen) atoms. The van der Waals surface area contributed by atoms with Gasteiger partial charge < -0.3 is 0 Å². The van der Waals surface area contributed by atoms with Crippen molar-refractivity contribution in [3.05, 3.63) is 57.7 Å². The van der Waals surface area contributed by atoms with E-state index >= 15 is 0 Å². The third-order valence-electron chi connectivity index (χ3n) is 4.47. The summed E-state index contributed by atoms with van der Waals surface area (Å²) in [4.78, 5) is 2.34. The van der Waals surface area contributed by atoms with Gasteiger partial charge in [0.25, 0.3) is 0 Å². The van der Waals surface area contributed by atoms with E-state index < -0.39 is 0 Å². The van der Waals surface area contributed by atoms with Crippen LogP contribution in [-0.4, -0.2) is 4.93 Å². The SMILES string of the molecule is C[I-]c1ccccc1-c1ccc([C@@H]2CC[C@H](C)C2)cc1. The normalized spacial score (nSPS) is 22.3. The van der Waals surface area contributed by atoms with Crippen molar-refractivity contribution in [1.29, 1.82) is 0 Å². The third-order valence-corrected chi connectivity index (χ3v) is 6.57. The van der Waals surface area contributed by atoms with E-state index in [1.165, 1.54) is 30.4 Å². The average molecular weight is 377 g/mol. The van der Waals surface area contributed by atoms with Crippen molar-refractivity contribution in [3.63, 3.8) is 0 Å². The predicted octanol–water partition coefficient (Wildman–Crippen LogP) is 2.15. The fraction of sp³-hybridized carbons (Fsp3) is 0.368. The number of halogens is 1. The van der Waals surface area contributed by atoms with E-state index in [1.807, 2.05) is 0 Å². The van der Waals surface area contributed by atoms with Crippen LogP contribution in [0.3, 0.4) is 0 Å². The van der Waals surface area contributed by atoms with Crippen LogP contribution in [0.25, 0.3) is 11.1 Å². The summed E-state index contributed by atoms with van der Waals surface area (Å²) in [6.07, 6.45) is 4.14. The average Bonchev–Trinajstić information content (AvgIpc) is 2.94. The molecule has 0 saturated heterocycles. The molecule has 1 aliphatic carbocycles. The first kappa shape index (κ1) is 14.1. The molecule has 0 radical (unpaired) electrons. The van der Waals surface area contributed by atoms with Crippen LogP contribution in [0.2, 0.25) is 0 Å². The Kier molecular flexibility index (Phi) is 4.45. The second kappa shape index (κ2) is 6.30. The minimum atomic E-state index is 0.139. The molecular weight excluding hydrogens is 355 g/mol. The first-order valence-corrected chi connectivity index (χ1v) is 10.7. The Labute approximate surface area is 132 Å². The van der Waals surface area contributed by atoms with Crippen LogP contribution in [0.5, 0.6) is 0 Å². The summed E-state index contributed by atoms with van der Waals surface area (Å²) < 4.78 is 1.55. The molecule has 2 aromatic rings. The molecule has 0 N–H and O–H groups in total. The molecule has 1 saturated carbocycles. The van der Waals surface area contributed by atoms with Crippen molar-refractivity contribution >= 4 is 0 Å². The fourth-order valence-electron chi connectivity index (χ4n) is 3.30. The van der Waals surface area contributed by atoms with E-state index in [4.69, 9.17) is 0 Å².